The topological polar surface area (TPSA) is 59.4 Å². The van der Waals surface area contributed by atoms with E-state index in [0.29, 0.717) is 17.7 Å². The second-order valence-electron chi connectivity index (χ2n) is 3.50. The van der Waals surface area contributed by atoms with E-state index in [-0.39, 0.29) is 11.8 Å². The van der Waals surface area contributed by atoms with Crippen molar-refractivity contribution in [3.05, 3.63) is 23.5 Å². The summed E-state index contributed by atoms with van der Waals surface area (Å²) in [6.07, 6.45) is 2.14. The highest BCUT2D eigenvalue weighted by Gasteiger charge is 2.11. The highest BCUT2D eigenvalue weighted by molar-refractivity contribution is 5.87. The molecule has 0 bridgehead atoms. The maximum Gasteiger partial charge on any atom is 0.354 e. The van der Waals surface area contributed by atoms with E-state index in [1.165, 1.54) is 6.20 Å². The Hall–Kier alpha value is -1.58. The van der Waals surface area contributed by atoms with Crippen LogP contribution in [0.1, 0.15) is 36.8 Å². The van der Waals surface area contributed by atoms with Crippen molar-refractivity contribution in [2.24, 2.45) is 0 Å². The van der Waals surface area contributed by atoms with Crippen molar-refractivity contribution < 1.29 is 14.6 Å². The van der Waals surface area contributed by atoms with Gasteiger partial charge in [-0.05, 0) is 31.9 Å². The molecular formula is C11H15NO3. The summed E-state index contributed by atoms with van der Waals surface area (Å²) in [6, 6.07) is 1.73. The Morgan fingerprint density at radius 2 is 2.27 bits per heavy atom. The van der Waals surface area contributed by atoms with E-state index in [9.17, 15) is 4.79 Å². The first-order valence-corrected chi connectivity index (χ1v) is 4.93. The molecule has 0 saturated heterocycles. The predicted molar refractivity (Wildman–Crippen MR) is 56.3 cm³/mol. The van der Waals surface area contributed by atoms with E-state index in [1.807, 2.05) is 20.8 Å². The van der Waals surface area contributed by atoms with Crippen LogP contribution in [0.15, 0.2) is 12.3 Å². The molecule has 0 aromatic carbocycles. The average molecular weight is 209 g/mol. The second kappa shape index (κ2) is 4.77. The third kappa shape index (κ3) is 2.94. The summed E-state index contributed by atoms with van der Waals surface area (Å²) in [7, 11) is 0. The maximum absolute atomic E-state index is 10.8. The molecule has 1 rings (SSSR count). The van der Waals surface area contributed by atoms with Gasteiger partial charge in [-0.15, -0.1) is 0 Å². The predicted octanol–water partition coefficient (Wildman–Crippen LogP) is 2.13. The standard InChI is InChI=1S/C11H15NO3/c1-4-8-5-9(15-7(2)3)6-12-10(8)11(13)14/h5-7H,4H2,1-3H3,(H,13,14). The van der Waals surface area contributed by atoms with Gasteiger partial charge in [-0.1, -0.05) is 6.92 Å². The van der Waals surface area contributed by atoms with Crippen LogP contribution in [0.5, 0.6) is 5.75 Å². The number of carboxylic acids is 1. The van der Waals surface area contributed by atoms with Crippen LogP contribution in [0.25, 0.3) is 0 Å². The van der Waals surface area contributed by atoms with Gasteiger partial charge < -0.3 is 9.84 Å². The Labute approximate surface area is 88.9 Å². The number of ether oxygens (including phenoxy) is 1. The number of aryl methyl sites for hydroxylation is 1. The smallest absolute Gasteiger partial charge is 0.354 e. The normalized spacial score (nSPS) is 10.4. The zero-order chi connectivity index (χ0) is 11.4. The van der Waals surface area contributed by atoms with Crippen molar-refractivity contribution in [2.45, 2.75) is 33.3 Å². The Morgan fingerprint density at radius 3 is 2.73 bits per heavy atom. The van der Waals surface area contributed by atoms with Gasteiger partial charge >= 0.3 is 5.97 Å². The molecule has 0 aliphatic heterocycles. The molecule has 15 heavy (non-hydrogen) atoms. The first-order valence-electron chi connectivity index (χ1n) is 4.93. The highest BCUT2D eigenvalue weighted by Crippen LogP contribution is 2.17. The minimum atomic E-state index is -0.997. The lowest BCUT2D eigenvalue weighted by atomic mass is 10.1. The van der Waals surface area contributed by atoms with Crippen LogP contribution < -0.4 is 4.74 Å². The number of carboxylic acid groups (broad SMARTS) is 1. The fourth-order valence-corrected chi connectivity index (χ4v) is 1.29. The van der Waals surface area contributed by atoms with Crippen LogP contribution in [0.4, 0.5) is 0 Å². The lowest BCUT2D eigenvalue weighted by Gasteiger charge is -2.11. The number of hydrogen-bond acceptors (Lipinski definition) is 3. The Balaban J connectivity index is 3.02. The van der Waals surface area contributed by atoms with Crippen LogP contribution in [0.3, 0.4) is 0 Å². The van der Waals surface area contributed by atoms with Crippen molar-refractivity contribution >= 4 is 5.97 Å². The Kier molecular flexibility index (Phi) is 3.66. The van der Waals surface area contributed by atoms with Crippen LogP contribution in [-0.4, -0.2) is 22.2 Å². The minimum Gasteiger partial charge on any atom is -0.489 e. The van der Waals surface area contributed by atoms with Gasteiger partial charge in [0.15, 0.2) is 5.69 Å². The van der Waals surface area contributed by atoms with E-state index >= 15 is 0 Å². The summed E-state index contributed by atoms with van der Waals surface area (Å²) in [6.45, 7) is 5.72. The maximum atomic E-state index is 10.8. The van der Waals surface area contributed by atoms with Gasteiger partial charge in [-0.25, -0.2) is 9.78 Å². The molecular weight excluding hydrogens is 194 g/mol. The molecule has 0 amide bonds. The van der Waals surface area contributed by atoms with Gasteiger partial charge in [0, 0.05) is 0 Å². The number of rotatable bonds is 4. The number of carbonyl (C=O) groups is 1. The summed E-state index contributed by atoms with van der Waals surface area (Å²) in [5, 5.41) is 8.87. The molecule has 1 aromatic rings. The van der Waals surface area contributed by atoms with Crippen LogP contribution in [0, 0.1) is 0 Å². The highest BCUT2D eigenvalue weighted by atomic mass is 16.5. The molecule has 0 aliphatic carbocycles. The SMILES string of the molecule is CCc1cc(OC(C)C)cnc1C(=O)O. The van der Waals surface area contributed by atoms with E-state index in [2.05, 4.69) is 4.98 Å². The molecule has 0 aliphatic rings. The number of aromatic carboxylic acids is 1. The van der Waals surface area contributed by atoms with Gasteiger partial charge in [-0.3, -0.25) is 0 Å². The van der Waals surface area contributed by atoms with Crippen molar-refractivity contribution in [1.82, 2.24) is 4.98 Å². The van der Waals surface area contributed by atoms with Gasteiger partial charge in [-0.2, -0.15) is 0 Å². The van der Waals surface area contributed by atoms with Gasteiger partial charge in [0.1, 0.15) is 5.75 Å². The fraction of sp³-hybridized carbons (Fsp3) is 0.455. The lowest BCUT2D eigenvalue weighted by Crippen LogP contribution is -2.09. The van der Waals surface area contributed by atoms with E-state index in [1.54, 1.807) is 6.07 Å². The number of nitrogens with zero attached hydrogens (tertiary/aromatic N) is 1. The molecule has 0 atom stereocenters. The van der Waals surface area contributed by atoms with E-state index in [0.717, 1.165) is 0 Å². The molecule has 4 nitrogen and oxygen atoms in total. The molecule has 1 aromatic heterocycles. The van der Waals surface area contributed by atoms with Crippen LogP contribution >= 0.6 is 0 Å². The molecule has 0 spiro atoms. The molecule has 1 N–H and O–H groups in total. The monoisotopic (exact) mass is 209 g/mol. The van der Waals surface area contributed by atoms with Crippen LogP contribution in [0.2, 0.25) is 0 Å². The largest absolute Gasteiger partial charge is 0.489 e. The number of pyridine rings is 1. The van der Waals surface area contributed by atoms with Crippen molar-refractivity contribution in [1.29, 1.82) is 0 Å². The third-order valence-corrected chi connectivity index (χ3v) is 1.90. The summed E-state index contributed by atoms with van der Waals surface area (Å²) in [4.78, 5) is 14.7. The van der Waals surface area contributed by atoms with Crippen molar-refractivity contribution in [3.63, 3.8) is 0 Å². The lowest BCUT2D eigenvalue weighted by molar-refractivity contribution is 0.0689. The Morgan fingerprint density at radius 1 is 1.60 bits per heavy atom. The molecule has 4 heteroatoms. The second-order valence-corrected chi connectivity index (χ2v) is 3.50. The van der Waals surface area contributed by atoms with Gasteiger partial charge in [0.25, 0.3) is 0 Å². The number of hydrogen-bond donors (Lipinski definition) is 1. The van der Waals surface area contributed by atoms with Gasteiger partial charge in [0.2, 0.25) is 0 Å². The zero-order valence-corrected chi connectivity index (χ0v) is 9.15. The average Bonchev–Trinajstić information content (AvgIpc) is 2.16. The molecule has 0 fully saturated rings. The molecule has 1 heterocycles. The Bertz CT molecular complexity index is 361. The van der Waals surface area contributed by atoms with Crippen molar-refractivity contribution in [2.75, 3.05) is 0 Å². The quantitative estimate of drug-likeness (QED) is 0.825. The van der Waals surface area contributed by atoms with E-state index < -0.39 is 5.97 Å². The third-order valence-electron chi connectivity index (χ3n) is 1.90. The summed E-state index contributed by atoms with van der Waals surface area (Å²) in [5.41, 5.74) is 0.800. The fourth-order valence-electron chi connectivity index (χ4n) is 1.29. The zero-order valence-electron chi connectivity index (χ0n) is 9.15. The molecule has 0 radical (unpaired) electrons. The van der Waals surface area contributed by atoms with Gasteiger partial charge in [0.05, 0.1) is 12.3 Å². The van der Waals surface area contributed by atoms with Crippen molar-refractivity contribution in [3.8, 4) is 5.75 Å². The molecule has 82 valence electrons. The first kappa shape index (κ1) is 11.5. The van der Waals surface area contributed by atoms with Crippen LogP contribution in [-0.2, 0) is 6.42 Å². The molecule has 0 unspecified atom stereocenters. The van der Waals surface area contributed by atoms with E-state index in [4.69, 9.17) is 9.84 Å². The summed E-state index contributed by atoms with van der Waals surface area (Å²) in [5.74, 6) is -0.380. The number of aromatic nitrogens is 1. The summed E-state index contributed by atoms with van der Waals surface area (Å²) < 4.78 is 5.44. The summed E-state index contributed by atoms with van der Waals surface area (Å²) >= 11 is 0. The molecule has 0 saturated carbocycles. The first-order chi connectivity index (χ1) is 7.04. The minimum absolute atomic E-state index is 0.0622.